The van der Waals surface area contributed by atoms with Crippen LogP contribution in [0.3, 0.4) is 0 Å². The first-order chi connectivity index (χ1) is 6.50. The fourth-order valence-corrected chi connectivity index (χ4v) is 1.39. The molecule has 0 aromatic carbocycles. The molecule has 0 unspecified atom stereocenters. The molecular weight excluding hydrogens is 248 g/mol. The Bertz CT molecular complexity index is 353. The van der Waals surface area contributed by atoms with Crippen molar-refractivity contribution in [1.29, 1.82) is 0 Å². The predicted molar refractivity (Wildman–Crippen MR) is 55.2 cm³/mol. The maximum absolute atomic E-state index is 10.6. The Labute approximate surface area is 90.5 Å². The van der Waals surface area contributed by atoms with Gasteiger partial charge in [0.2, 0.25) is 0 Å². The lowest BCUT2D eigenvalue weighted by Gasteiger charge is -2.06. The lowest BCUT2D eigenvalue weighted by Crippen LogP contribution is -2.07. The molecule has 0 bridgehead atoms. The second kappa shape index (κ2) is 4.50. The van der Waals surface area contributed by atoms with E-state index in [0.29, 0.717) is 22.6 Å². The number of halogens is 1. The Morgan fingerprint density at radius 2 is 2.29 bits per heavy atom. The van der Waals surface area contributed by atoms with E-state index in [2.05, 4.69) is 25.9 Å². The van der Waals surface area contributed by atoms with Crippen LogP contribution < -0.4 is 0 Å². The molecule has 0 amide bonds. The minimum Gasteiger partial charge on any atom is -0.476 e. The average Bonchev–Trinajstić information content (AvgIpc) is 2.07. The molecule has 1 rings (SSSR count). The summed E-state index contributed by atoms with van der Waals surface area (Å²) >= 11 is 3.24. The highest BCUT2D eigenvalue weighted by atomic mass is 79.9. The van der Waals surface area contributed by atoms with Gasteiger partial charge < -0.3 is 5.11 Å². The molecule has 0 spiro atoms. The van der Waals surface area contributed by atoms with Gasteiger partial charge in [0, 0.05) is 0 Å². The van der Waals surface area contributed by atoms with Gasteiger partial charge in [0.15, 0.2) is 5.69 Å². The summed E-state index contributed by atoms with van der Waals surface area (Å²) < 4.78 is 0.621. The fraction of sp³-hybridized carbons (Fsp3) is 0.444. The minimum atomic E-state index is -1.05. The number of carboxylic acids is 1. The van der Waals surface area contributed by atoms with E-state index in [0.717, 1.165) is 0 Å². The standard InChI is InChI=1S/C9H11BrN2O2/c1-5(2)3-6-8(10)11-4-7(12-6)9(13)14/h4-5H,3H2,1-2H3,(H,13,14). The van der Waals surface area contributed by atoms with Gasteiger partial charge in [-0.25, -0.2) is 14.8 Å². The van der Waals surface area contributed by atoms with Crippen LogP contribution in [0.2, 0.25) is 0 Å². The fourth-order valence-electron chi connectivity index (χ4n) is 1.03. The largest absolute Gasteiger partial charge is 0.476 e. The third-order valence-corrected chi connectivity index (χ3v) is 2.28. The van der Waals surface area contributed by atoms with Crippen molar-refractivity contribution >= 4 is 21.9 Å². The van der Waals surface area contributed by atoms with E-state index in [4.69, 9.17) is 5.11 Å². The summed E-state index contributed by atoms with van der Waals surface area (Å²) in [6.07, 6.45) is 1.96. The highest BCUT2D eigenvalue weighted by molar-refractivity contribution is 9.10. The molecule has 14 heavy (non-hydrogen) atoms. The quantitative estimate of drug-likeness (QED) is 0.903. The Kier molecular flexibility index (Phi) is 3.57. The Morgan fingerprint density at radius 1 is 1.64 bits per heavy atom. The molecule has 4 nitrogen and oxygen atoms in total. The van der Waals surface area contributed by atoms with Crippen molar-refractivity contribution in [2.75, 3.05) is 0 Å². The number of aromatic carboxylic acids is 1. The molecule has 0 aliphatic rings. The van der Waals surface area contributed by atoms with Crippen molar-refractivity contribution in [2.45, 2.75) is 20.3 Å². The molecule has 5 heteroatoms. The van der Waals surface area contributed by atoms with Gasteiger partial charge in [-0.1, -0.05) is 13.8 Å². The first-order valence-corrected chi connectivity index (χ1v) is 5.04. The zero-order valence-electron chi connectivity index (χ0n) is 7.99. The summed E-state index contributed by atoms with van der Waals surface area (Å²) in [6, 6.07) is 0. The van der Waals surface area contributed by atoms with Crippen molar-refractivity contribution in [3.8, 4) is 0 Å². The second-order valence-electron chi connectivity index (χ2n) is 3.40. The smallest absolute Gasteiger partial charge is 0.356 e. The summed E-state index contributed by atoms with van der Waals surface area (Å²) in [5.41, 5.74) is 0.684. The Balaban J connectivity index is 3.02. The van der Waals surface area contributed by atoms with Crippen LogP contribution in [0.15, 0.2) is 10.8 Å². The molecule has 1 heterocycles. The van der Waals surface area contributed by atoms with E-state index in [9.17, 15) is 4.79 Å². The summed E-state index contributed by atoms with van der Waals surface area (Å²) in [5.74, 6) is -0.625. The highest BCUT2D eigenvalue weighted by Gasteiger charge is 2.11. The van der Waals surface area contributed by atoms with Crippen molar-refractivity contribution < 1.29 is 9.90 Å². The topological polar surface area (TPSA) is 63.1 Å². The maximum atomic E-state index is 10.6. The van der Waals surface area contributed by atoms with Crippen LogP contribution in [0.5, 0.6) is 0 Å². The van der Waals surface area contributed by atoms with Crippen LogP contribution in [-0.2, 0) is 6.42 Å². The first-order valence-electron chi connectivity index (χ1n) is 4.25. The molecule has 1 aromatic rings. The predicted octanol–water partition coefficient (Wildman–Crippen LogP) is 2.14. The van der Waals surface area contributed by atoms with Gasteiger partial charge in [0.1, 0.15) is 4.60 Å². The number of hydrogen-bond acceptors (Lipinski definition) is 3. The average molecular weight is 259 g/mol. The normalized spacial score (nSPS) is 10.6. The van der Waals surface area contributed by atoms with Gasteiger partial charge in [-0.2, -0.15) is 0 Å². The van der Waals surface area contributed by atoms with Crippen molar-refractivity contribution in [1.82, 2.24) is 9.97 Å². The summed E-state index contributed by atoms with van der Waals surface area (Å²) in [5, 5.41) is 8.72. The number of carboxylic acid groups (broad SMARTS) is 1. The van der Waals surface area contributed by atoms with Gasteiger partial charge in [0.05, 0.1) is 11.9 Å². The Morgan fingerprint density at radius 3 is 2.79 bits per heavy atom. The van der Waals surface area contributed by atoms with Crippen LogP contribution in [0.1, 0.15) is 30.0 Å². The molecule has 0 atom stereocenters. The molecule has 0 saturated heterocycles. The Hall–Kier alpha value is -0.970. The van der Waals surface area contributed by atoms with E-state index in [1.807, 2.05) is 13.8 Å². The molecule has 0 saturated carbocycles. The van der Waals surface area contributed by atoms with Crippen LogP contribution in [0.25, 0.3) is 0 Å². The number of aromatic nitrogens is 2. The molecule has 1 aromatic heterocycles. The van der Waals surface area contributed by atoms with Crippen LogP contribution in [0, 0.1) is 5.92 Å². The molecular formula is C9H11BrN2O2. The molecule has 76 valence electrons. The first kappa shape index (κ1) is 11.1. The number of rotatable bonds is 3. The van der Waals surface area contributed by atoms with Crippen molar-refractivity contribution in [3.63, 3.8) is 0 Å². The SMILES string of the molecule is CC(C)Cc1nc(C(=O)O)cnc1Br. The summed E-state index contributed by atoms with van der Waals surface area (Å²) in [7, 11) is 0. The molecule has 1 N–H and O–H groups in total. The van der Waals surface area contributed by atoms with E-state index in [1.54, 1.807) is 0 Å². The van der Waals surface area contributed by atoms with E-state index < -0.39 is 5.97 Å². The van der Waals surface area contributed by atoms with Crippen molar-refractivity contribution in [3.05, 3.63) is 22.2 Å². The lowest BCUT2D eigenvalue weighted by atomic mass is 10.1. The maximum Gasteiger partial charge on any atom is 0.356 e. The van der Waals surface area contributed by atoms with Crippen LogP contribution in [-0.4, -0.2) is 21.0 Å². The van der Waals surface area contributed by atoms with Gasteiger partial charge in [-0.3, -0.25) is 0 Å². The van der Waals surface area contributed by atoms with Gasteiger partial charge >= 0.3 is 5.97 Å². The second-order valence-corrected chi connectivity index (χ2v) is 4.15. The number of hydrogen-bond donors (Lipinski definition) is 1. The van der Waals surface area contributed by atoms with E-state index in [-0.39, 0.29) is 5.69 Å². The van der Waals surface area contributed by atoms with Crippen molar-refractivity contribution in [2.24, 2.45) is 5.92 Å². The molecule has 0 fully saturated rings. The molecule has 0 radical (unpaired) electrons. The zero-order chi connectivity index (χ0) is 10.7. The van der Waals surface area contributed by atoms with Gasteiger partial charge in [-0.05, 0) is 28.3 Å². The number of carbonyl (C=O) groups is 1. The highest BCUT2D eigenvalue weighted by Crippen LogP contribution is 2.15. The lowest BCUT2D eigenvalue weighted by molar-refractivity contribution is 0.0689. The van der Waals surface area contributed by atoms with E-state index >= 15 is 0 Å². The zero-order valence-corrected chi connectivity index (χ0v) is 9.58. The van der Waals surface area contributed by atoms with Gasteiger partial charge in [0.25, 0.3) is 0 Å². The monoisotopic (exact) mass is 258 g/mol. The summed E-state index contributed by atoms with van der Waals surface area (Å²) in [6.45, 7) is 4.09. The third-order valence-electron chi connectivity index (χ3n) is 1.61. The van der Waals surface area contributed by atoms with E-state index in [1.165, 1.54) is 6.20 Å². The minimum absolute atomic E-state index is 0.0103. The molecule has 0 aliphatic heterocycles. The summed E-state index contributed by atoms with van der Waals surface area (Å²) in [4.78, 5) is 18.6. The van der Waals surface area contributed by atoms with Crippen LogP contribution >= 0.6 is 15.9 Å². The third kappa shape index (κ3) is 2.77. The number of nitrogens with zero attached hydrogens (tertiary/aromatic N) is 2. The van der Waals surface area contributed by atoms with Gasteiger partial charge in [-0.15, -0.1) is 0 Å². The molecule has 0 aliphatic carbocycles. The van der Waals surface area contributed by atoms with Crippen LogP contribution in [0.4, 0.5) is 0 Å².